The van der Waals surface area contributed by atoms with Crippen LogP contribution < -0.4 is 11.1 Å². The molecular weight excluding hydrogens is 220 g/mol. The van der Waals surface area contributed by atoms with Crippen LogP contribution >= 0.6 is 0 Å². The Hall–Kier alpha value is -1.80. The van der Waals surface area contributed by atoms with Crippen LogP contribution in [0.25, 0.3) is 0 Å². The Balaban J connectivity index is 1.81. The van der Waals surface area contributed by atoms with Crippen molar-refractivity contribution in [1.82, 2.24) is 5.32 Å². The number of nitrogens with one attached hydrogen (secondary N) is 1. The van der Waals surface area contributed by atoms with Crippen molar-refractivity contribution in [3.63, 3.8) is 0 Å². The smallest absolute Gasteiger partial charge is 0.0314 e. The highest BCUT2D eigenvalue weighted by molar-refractivity contribution is 5.40. The highest BCUT2D eigenvalue weighted by atomic mass is 14.9. The zero-order valence-electron chi connectivity index (χ0n) is 10.8. The lowest BCUT2D eigenvalue weighted by Gasteiger charge is -2.13. The second-order valence-corrected chi connectivity index (χ2v) is 4.68. The second kappa shape index (κ2) is 6.22. The first-order valence-electron chi connectivity index (χ1n) is 6.36. The molecule has 0 saturated heterocycles. The van der Waals surface area contributed by atoms with Gasteiger partial charge in [0.15, 0.2) is 0 Å². The van der Waals surface area contributed by atoms with Gasteiger partial charge in [-0.15, -0.1) is 0 Å². The van der Waals surface area contributed by atoms with Crippen molar-refractivity contribution in [2.75, 3.05) is 12.3 Å². The van der Waals surface area contributed by atoms with Crippen molar-refractivity contribution < 1.29 is 0 Å². The molecule has 0 fully saturated rings. The molecular formula is C16H20N2. The van der Waals surface area contributed by atoms with E-state index in [2.05, 4.69) is 48.6 Å². The minimum Gasteiger partial charge on any atom is -0.399 e. The van der Waals surface area contributed by atoms with Gasteiger partial charge in [0.25, 0.3) is 0 Å². The van der Waals surface area contributed by atoms with Gasteiger partial charge >= 0.3 is 0 Å². The minimum atomic E-state index is 0.495. The van der Waals surface area contributed by atoms with Crippen LogP contribution in [-0.2, 0) is 6.54 Å². The third-order valence-corrected chi connectivity index (χ3v) is 3.13. The molecule has 3 N–H and O–H groups in total. The van der Waals surface area contributed by atoms with Crippen LogP contribution in [0.1, 0.15) is 24.0 Å². The van der Waals surface area contributed by atoms with Gasteiger partial charge in [-0.25, -0.2) is 0 Å². The van der Waals surface area contributed by atoms with Gasteiger partial charge in [0.05, 0.1) is 0 Å². The van der Waals surface area contributed by atoms with E-state index < -0.39 is 0 Å². The number of hydrogen-bond acceptors (Lipinski definition) is 2. The molecule has 0 aromatic heterocycles. The molecule has 18 heavy (non-hydrogen) atoms. The summed E-state index contributed by atoms with van der Waals surface area (Å²) in [6, 6.07) is 18.6. The predicted molar refractivity (Wildman–Crippen MR) is 77.4 cm³/mol. The molecule has 1 atom stereocenters. The largest absolute Gasteiger partial charge is 0.399 e. The summed E-state index contributed by atoms with van der Waals surface area (Å²) in [7, 11) is 0. The number of nitrogens with two attached hydrogens (primary N) is 1. The molecule has 1 unspecified atom stereocenters. The van der Waals surface area contributed by atoms with Crippen LogP contribution in [0.4, 0.5) is 5.69 Å². The fraction of sp³-hybridized carbons (Fsp3) is 0.250. The van der Waals surface area contributed by atoms with Crippen molar-refractivity contribution in [2.24, 2.45) is 0 Å². The van der Waals surface area contributed by atoms with Gasteiger partial charge < -0.3 is 11.1 Å². The van der Waals surface area contributed by atoms with Gasteiger partial charge in [-0.3, -0.25) is 0 Å². The third-order valence-electron chi connectivity index (χ3n) is 3.13. The lowest BCUT2D eigenvalue weighted by Crippen LogP contribution is -2.19. The Bertz CT molecular complexity index is 462. The maximum atomic E-state index is 5.69. The maximum absolute atomic E-state index is 5.69. The van der Waals surface area contributed by atoms with E-state index in [1.165, 1.54) is 11.1 Å². The molecule has 2 rings (SSSR count). The molecule has 0 radical (unpaired) electrons. The molecule has 2 nitrogen and oxygen atoms in total. The van der Waals surface area contributed by atoms with Crippen LogP contribution in [0.2, 0.25) is 0 Å². The van der Waals surface area contributed by atoms with E-state index in [1.54, 1.807) is 0 Å². The average Bonchev–Trinajstić information content (AvgIpc) is 2.40. The summed E-state index contributed by atoms with van der Waals surface area (Å²) in [5, 5.41) is 3.48. The van der Waals surface area contributed by atoms with E-state index in [0.29, 0.717) is 5.92 Å². The maximum Gasteiger partial charge on any atom is 0.0314 e. The Morgan fingerprint density at radius 3 is 2.33 bits per heavy atom. The molecule has 2 aromatic rings. The van der Waals surface area contributed by atoms with Crippen molar-refractivity contribution in [3.8, 4) is 0 Å². The van der Waals surface area contributed by atoms with Crippen LogP contribution in [0, 0.1) is 0 Å². The molecule has 94 valence electrons. The SMILES string of the molecule is CC(CNCc1ccccc1)c1ccc(N)cc1. The predicted octanol–water partition coefficient (Wildman–Crippen LogP) is 3.16. The Labute approximate surface area is 109 Å². The fourth-order valence-electron chi connectivity index (χ4n) is 1.97. The van der Waals surface area contributed by atoms with E-state index in [-0.39, 0.29) is 0 Å². The summed E-state index contributed by atoms with van der Waals surface area (Å²) in [4.78, 5) is 0. The van der Waals surface area contributed by atoms with Crippen LogP contribution in [0.3, 0.4) is 0 Å². The first-order chi connectivity index (χ1) is 8.75. The summed E-state index contributed by atoms with van der Waals surface area (Å²) in [5.41, 5.74) is 9.15. The van der Waals surface area contributed by atoms with E-state index >= 15 is 0 Å². The molecule has 0 aliphatic rings. The second-order valence-electron chi connectivity index (χ2n) is 4.68. The molecule has 0 heterocycles. The molecule has 0 saturated carbocycles. The van der Waals surface area contributed by atoms with Crippen molar-refractivity contribution in [2.45, 2.75) is 19.4 Å². The summed E-state index contributed by atoms with van der Waals surface area (Å²) in [5.74, 6) is 0.495. The Morgan fingerprint density at radius 2 is 1.67 bits per heavy atom. The number of benzene rings is 2. The minimum absolute atomic E-state index is 0.495. The third kappa shape index (κ3) is 3.60. The molecule has 0 amide bonds. The molecule has 0 aliphatic heterocycles. The molecule has 2 heteroatoms. The fourth-order valence-corrected chi connectivity index (χ4v) is 1.97. The quantitative estimate of drug-likeness (QED) is 0.788. The molecule has 2 aromatic carbocycles. The lowest BCUT2D eigenvalue weighted by molar-refractivity contribution is 0.615. The van der Waals surface area contributed by atoms with Crippen LogP contribution in [-0.4, -0.2) is 6.54 Å². The highest BCUT2D eigenvalue weighted by Crippen LogP contribution is 2.15. The van der Waals surface area contributed by atoms with Crippen molar-refractivity contribution in [1.29, 1.82) is 0 Å². The molecule has 0 aliphatic carbocycles. The summed E-state index contributed by atoms with van der Waals surface area (Å²) < 4.78 is 0. The number of hydrogen-bond donors (Lipinski definition) is 2. The van der Waals surface area contributed by atoms with Gasteiger partial charge in [-0.2, -0.15) is 0 Å². The van der Waals surface area contributed by atoms with E-state index in [0.717, 1.165) is 18.8 Å². The molecule has 0 bridgehead atoms. The Kier molecular flexibility index (Phi) is 4.37. The van der Waals surface area contributed by atoms with E-state index in [1.807, 2.05) is 18.2 Å². The summed E-state index contributed by atoms with van der Waals surface area (Å²) >= 11 is 0. The topological polar surface area (TPSA) is 38.0 Å². The van der Waals surface area contributed by atoms with Crippen molar-refractivity contribution >= 4 is 5.69 Å². The number of rotatable bonds is 5. The van der Waals surface area contributed by atoms with Gasteiger partial charge in [0.1, 0.15) is 0 Å². The van der Waals surface area contributed by atoms with Crippen LogP contribution in [0.5, 0.6) is 0 Å². The average molecular weight is 240 g/mol. The normalized spacial score (nSPS) is 12.3. The van der Waals surface area contributed by atoms with Gasteiger partial charge in [0, 0.05) is 18.8 Å². The highest BCUT2D eigenvalue weighted by Gasteiger charge is 2.04. The zero-order valence-corrected chi connectivity index (χ0v) is 10.8. The van der Waals surface area contributed by atoms with Crippen LogP contribution in [0.15, 0.2) is 54.6 Å². The van der Waals surface area contributed by atoms with Crippen molar-refractivity contribution in [3.05, 3.63) is 65.7 Å². The lowest BCUT2D eigenvalue weighted by atomic mass is 10.0. The Morgan fingerprint density at radius 1 is 1.00 bits per heavy atom. The summed E-state index contributed by atoms with van der Waals surface area (Å²) in [6.07, 6.45) is 0. The first kappa shape index (κ1) is 12.7. The van der Waals surface area contributed by atoms with E-state index in [4.69, 9.17) is 5.73 Å². The zero-order chi connectivity index (χ0) is 12.8. The standard InChI is InChI=1S/C16H20N2/c1-13(15-7-9-16(17)10-8-15)11-18-12-14-5-3-2-4-6-14/h2-10,13,18H,11-12,17H2,1H3. The monoisotopic (exact) mass is 240 g/mol. The van der Waals surface area contributed by atoms with Gasteiger partial charge in [0.2, 0.25) is 0 Å². The molecule has 0 spiro atoms. The van der Waals surface area contributed by atoms with Gasteiger partial charge in [-0.05, 0) is 29.2 Å². The number of nitrogen functional groups attached to an aromatic ring is 1. The van der Waals surface area contributed by atoms with E-state index in [9.17, 15) is 0 Å². The van der Waals surface area contributed by atoms with Gasteiger partial charge in [-0.1, -0.05) is 49.4 Å². The summed E-state index contributed by atoms with van der Waals surface area (Å²) in [6.45, 7) is 4.11. The number of anilines is 1. The first-order valence-corrected chi connectivity index (χ1v) is 6.36.